The maximum atomic E-state index is 5.39. The van der Waals surface area contributed by atoms with Gasteiger partial charge in [0.05, 0.1) is 39.9 Å². The number of hydrogen-bond donors (Lipinski definition) is 4. The highest BCUT2D eigenvalue weighted by Crippen LogP contribution is 1.82. The zero-order valence-electron chi connectivity index (χ0n) is 13.0. The van der Waals surface area contributed by atoms with Crippen LogP contribution in [0.1, 0.15) is 12.8 Å². The van der Waals surface area contributed by atoms with E-state index in [4.69, 9.17) is 30.4 Å². The van der Waals surface area contributed by atoms with Crippen LogP contribution in [0.3, 0.4) is 0 Å². The van der Waals surface area contributed by atoms with E-state index in [-0.39, 0.29) is 6.79 Å². The summed E-state index contributed by atoms with van der Waals surface area (Å²) in [5, 5.41) is 6.27. The molecule has 0 aromatic rings. The summed E-state index contributed by atoms with van der Waals surface area (Å²) >= 11 is 0. The van der Waals surface area contributed by atoms with Crippen molar-refractivity contribution < 1.29 is 18.9 Å². The molecule has 21 heavy (non-hydrogen) atoms. The van der Waals surface area contributed by atoms with Gasteiger partial charge in [0.15, 0.2) is 0 Å². The minimum absolute atomic E-state index is 0.284. The Bertz CT molecular complexity index is 172. The largest absolute Gasteiger partial charge is 0.364 e. The van der Waals surface area contributed by atoms with Crippen molar-refractivity contribution in [2.45, 2.75) is 12.8 Å². The number of rotatable bonds is 18. The first-order valence-electron chi connectivity index (χ1n) is 7.54. The highest BCUT2D eigenvalue weighted by molar-refractivity contribution is 4.44. The molecule has 0 spiro atoms. The Labute approximate surface area is 127 Å². The number of nitrogens with one attached hydrogen (secondary N) is 2. The molecule has 0 aromatic heterocycles. The molecule has 128 valence electrons. The third kappa shape index (κ3) is 19.7. The molecular weight excluding hydrogens is 276 g/mol. The molecule has 0 heterocycles. The Morgan fingerprint density at radius 1 is 0.619 bits per heavy atom. The lowest BCUT2D eigenvalue weighted by Crippen LogP contribution is -2.25. The van der Waals surface area contributed by atoms with Crippen LogP contribution < -0.4 is 22.1 Å². The van der Waals surface area contributed by atoms with Crippen LogP contribution in [0.2, 0.25) is 0 Å². The van der Waals surface area contributed by atoms with Crippen molar-refractivity contribution in [1.29, 1.82) is 0 Å². The maximum absolute atomic E-state index is 5.39. The van der Waals surface area contributed by atoms with E-state index >= 15 is 0 Å². The minimum Gasteiger partial charge on any atom is -0.364 e. The molecule has 0 saturated carbocycles. The molecule has 8 heteroatoms. The fraction of sp³-hybridized carbons (Fsp3) is 1.00. The zero-order chi connectivity index (χ0) is 15.4. The van der Waals surface area contributed by atoms with Crippen molar-refractivity contribution in [2.75, 3.05) is 72.9 Å². The molecule has 0 bridgehead atoms. The molecule has 0 aliphatic rings. The Morgan fingerprint density at radius 3 is 1.95 bits per heavy atom. The van der Waals surface area contributed by atoms with Crippen LogP contribution in [0, 0.1) is 0 Å². The van der Waals surface area contributed by atoms with E-state index in [2.05, 4.69) is 10.6 Å². The summed E-state index contributed by atoms with van der Waals surface area (Å²) in [5.41, 5.74) is 10.7. The van der Waals surface area contributed by atoms with Crippen LogP contribution in [0.4, 0.5) is 0 Å². The predicted octanol–water partition coefficient (Wildman–Crippen LogP) is -1.20. The summed E-state index contributed by atoms with van der Waals surface area (Å²) in [7, 11) is 0. The molecule has 0 aliphatic heterocycles. The number of ether oxygens (including phenoxy) is 4. The summed E-state index contributed by atoms with van der Waals surface area (Å²) < 4.78 is 21.0. The third-order valence-electron chi connectivity index (χ3n) is 2.44. The molecular formula is C13H32N4O4. The van der Waals surface area contributed by atoms with Crippen LogP contribution in [-0.4, -0.2) is 72.9 Å². The van der Waals surface area contributed by atoms with Gasteiger partial charge in [0.1, 0.15) is 6.79 Å². The third-order valence-corrected chi connectivity index (χ3v) is 2.44. The molecule has 0 atom stereocenters. The van der Waals surface area contributed by atoms with Crippen molar-refractivity contribution in [3.05, 3.63) is 0 Å². The van der Waals surface area contributed by atoms with E-state index in [0.29, 0.717) is 46.4 Å². The lowest BCUT2D eigenvalue weighted by Gasteiger charge is -2.08. The van der Waals surface area contributed by atoms with E-state index in [1.165, 1.54) is 0 Å². The summed E-state index contributed by atoms with van der Waals surface area (Å²) in [6, 6.07) is 0. The average molecular weight is 308 g/mol. The highest BCUT2D eigenvalue weighted by Gasteiger charge is 1.92. The molecule has 0 aliphatic carbocycles. The first-order chi connectivity index (χ1) is 10.4. The second kappa shape index (κ2) is 19.7. The van der Waals surface area contributed by atoms with Crippen LogP contribution in [0.5, 0.6) is 0 Å². The molecule has 0 radical (unpaired) electrons. The van der Waals surface area contributed by atoms with Gasteiger partial charge in [0.2, 0.25) is 0 Å². The van der Waals surface area contributed by atoms with Gasteiger partial charge < -0.3 is 30.4 Å². The second-order valence-electron chi connectivity index (χ2n) is 4.32. The van der Waals surface area contributed by atoms with E-state index in [1.807, 2.05) is 0 Å². The lowest BCUT2D eigenvalue weighted by molar-refractivity contribution is -0.0514. The lowest BCUT2D eigenvalue weighted by atomic mass is 10.3. The molecule has 0 amide bonds. The second-order valence-corrected chi connectivity index (χ2v) is 4.32. The maximum Gasteiger partial charge on any atom is 0.146 e. The highest BCUT2D eigenvalue weighted by atomic mass is 16.7. The van der Waals surface area contributed by atoms with Crippen molar-refractivity contribution in [3.63, 3.8) is 0 Å². The van der Waals surface area contributed by atoms with Gasteiger partial charge in [-0.1, -0.05) is 0 Å². The van der Waals surface area contributed by atoms with Crippen LogP contribution in [0.25, 0.3) is 0 Å². The molecule has 0 fully saturated rings. The van der Waals surface area contributed by atoms with E-state index in [9.17, 15) is 0 Å². The molecule has 0 saturated heterocycles. The zero-order valence-corrected chi connectivity index (χ0v) is 13.0. The van der Waals surface area contributed by atoms with Crippen molar-refractivity contribution >= 4 is 0 Å². The summed E-state index contributed by atoms with van der Waals surface area (Å²) in [6.07, 6.45) is 2.13. The monoisotopic (exact) mass is 308 g/mol. The topological polar surface area (TPSA) is 113 Å². The van der Waals surface area contributed by atoms with Gasteiger partial charge >= 0.3 is 0 Å². The summed E-state index contributed by atoms with van der Waals surface area (Å²) in [6.45, 7) is 6.49. The van der Waals surface area contributed by atoms with Crippen LogP contribution >= 0.6 is 0 Å². The quantitative estimate of drug-likeness (QED) is 0.184. The predicted molar refractivity (Wildman–Crippen MR) is 81.8 cm³/mol. The van der Waals surface area contributed by atoms with Gasteiger partial charge in [-0.05, 0) is 25.9 Å². The normalized spacial score (nSPS) is 11.1. The molecule has 0 unspecified atom stereocenters. The summed E-state index contributed by atoms with van der Waals surface area (Å²) in [5.74, 6) is 0. The molecule has 0 rings (SSSR count). The Kier molecular flexibility index (Phi) is 19.4. The SMILES string of the molecule is NCCCCNCOCCOCNCCOCOCCN. The smallest absolute Gasteiger partial charge is 0.146 e. The molecule has 6 N–H and O–H groups in total. The van der Waals surface area contributed by atoms with E-state index in [0.717, 1.165) is 32.5 Å². The van der Waals surface area contributed by atoms with Crippen molar-refractivity contribution in [1.82, 2.24) is 10.6 Å². The fourth-order valence-electron chi connectivity index (χ4n) is 1.35. The minimum atomic E-state index is 0.284. The molecule has 8 nitrogen and oxygen atoms in total. The average Bonchev–Trinajstić information content (AvgIpc) is 2.50. The van der Waals surface area contributed by atoms with Gasteiger partial charge in [-0.15, -0.1) is 0 Å². The van der Waals surface area contributed by atoms with Crippen LogP contribution in [-0.2, 0) is 18.9 Å². The van der Waals surface area contributed by atoms with Gasteiger partial charge in [-0.25, -0.2) is 0 Å². The first kappa shape index (κ1) is 20.7. The van der Waals surface area contributed by atoms with E-state index in [1.54, 1.807) is 0 Å². The number of hydrogen-bond acceptors (Lipinski definition) is 8. The number of nitrogens with two attached hydrogens (primary N) is 2. The summed E-state index contributed by atoms with van der Waals surface area (Å²) in [4.78, 5) is 0. The van der Waals surface area contributed by atoms with Gasteiger partial charge in [0.25, 0.3) is 0 Å². The molecule has 0 aromatic carbocycles. The fourth-order valence-corrected chi connectivity index (χ4v) is 1.35. The van der Waals surface area contributed by atoms with Gasteiger partial charge in [-0.2, -0.15) is 0 Å². The van der Waals surface area contributed by atoms with E-state index < -0.39 is 0 Å². The van der Waals surface area contributed by atoms with Crippen molar-refractivity contribution in [2.24, 2.45) is 11.5 Å². The van der Waals surface area contributed by atoms with Gasteiger partial charge in [0, 0.05) is 13.1 Å². The van der Waals surface area contributed by atoms with Gasteiger partial charge in [-0.3, -0.25) is 10.6 Å². The standard InChI is InChI=1S/C13H32N4O4/c14-3-1-2-5-16-11-18-9-10-19-12-17-6-8-21-13-20-7-4-15/h16-17H,1-15H2. The Hall–Kier alpha value is -0.320. The Balaban J connectivity index is 2.90. The van der Waals surface area contributed by atoms with Crippen LogP contribution in [0.15, 0.2) is 0 Å². The number of unbranched alkanes of at least 4 members (excludes halogenated alkanes) is 1. The Morgan fingerprint density at radius 2 is 1.29 bits per heavy atom. The van der Waals surface area contributed by atoms with Crippen molar-refractivity contribution in [3.8, 4) is 0 Å². The first-order valence-corrected chi connectivity index (χ1v) is 7.54.